The summed E-state index contributed by atoms with van der Waals surface area (Å²) < 4.78 is 2.12. The smallest absolute Gasteiger partial charge is 0.190 e. The average molecular weight is 204 g/mol. The van der Waals surface area contributed by atoms with Crippen molar-refractivity contribution in [3.63, 3.8) is 0 Å². The number of fused-ring (bicyclic) bond motifs is 1. The Labute approximate surface area is 88.7 Å². The summed E-state index contributed by atoms with van der Waals surface area (Å²) in [6.07, 6.45) is 7.31. The minimum atomic E-state index is 0.0954. The topological polar surface area (TPSA) is 37.8 Å². The quantitative estimate of drug-likeness (QED) is 0.763. The second-order valence-corrected chi connectivity index (χ2v) is 3.82. The summed E-state index contributed by atoms with van der Waals surface area (Å²) in [5, 5.41) is 0.786. The van der Waals surface area contributed by atoms with E-state index in [1.54, 1.807) is 12.3 Å². The SMILES string of the molecule is CCCCCn1ccc2c(=O)cc[nH]c21. The molecule has 2 aromatic rings. The second kappa shape index (κ2) is 4.34. The fourth-order valence-corrected chi connectivity index (χ4v) is 1.84. The average Bonchev–Trinajstić information content (AvgIpc) is 2.64. The molecule has 2 heterocycles. The number of unbranched alkanes of at least 4 members (excludes halogenated alkanes) is 2. The third kappa shape index (κ3) is 1.96. The van der Waals surface area contributed by atoms with Crippen molar-refractivity contribution < 1.29 is 0 Å². The molecule has 0 fully saturated rings. The van der Waals surface area contributed by atoms with Gasteiger partial charge in [-0.1, -0.05) is 19.8 Å². The first-order valence-electron chi connectivity index (χ1n) is 5.49. The van der Waals surface area contributed by atoms with Crippen molar-refractivity contribution in [3.8, 4) is 0 Å². The fraction of sp³-hybridized carbons (Fsp3) is 0.417. The van der Waals surface area contributed by atoms with Gasteiger partial charge in [0.05, 0.1) is 5.39 Å². The Kier molecular flexibility index (Phi) is 2.90. The van der Waals surface area contributed by atoms with Crippen molar-refractivity contribution >= 4 is 11.0 Å². The summed E-state index contributed by atoms with van der Waals surface area (Å²) in [6, 6.07) is 3.46. The van der Waals surface area contributed by atoms with E-state index in [1.807, 2.05) is 12.3 Å². The van der Waals surface area contributed by atoms with Crippen LogP contribution in [-0.2, 0) is 6.54 Å². The number of rotatable bonds is 4. The van der Waals surface area contributed by atoms with E-state index < -0.39 is 0 Å². The van der Waals surface area contributed by atoms with Crippen LogP contribution in [0.25, 0.3) is 11.0 Å². The molecule has 80 valence electrons. The summed E-state index contributed by atoms with van der Waals surface area (Å²) in [5.74, 6) is 0. The van der Waals surface area contributed by atoms with Crippen molar-refractivity contribution in [2.45, 2.75) is 32.7 Å². The lowest BCUT2D eigenvalue weighted by Crippen LogP contribution is -2.02. The molecule has 3 nitrogen and oxygen atoms in total. The summed E-state index contributed by atoms with van der Waals surface area (Å²) in [4.78, 5) is 14.6. The van der Waals surface area contributed by atoms with Crippen LogP contribution >= 0.6 is 0 Å². The number of aromatic nitrogens is 2. The Hall–Kier alpha value is -1.51. The van der Waals surface area contributed by atoms with Crippen LogP contribution in [0.1, 0.15) is 26.2 Å². The van der Waals surface area contributed by atoms with Gasteiger partial charge in [-0.05, 0) is 12.5 Å². The highest BCUT2D eigenvalue weighted by Gasteiger charge is 2.02. The molecule has 0 atom stereocenters. The van der Waals surface area contributed by atoms with E-state index in [1.165, 1.54) is 12.8 Å². The predicted octanol–water partition coefficient (Wildman–Crippen LogP) is 2.52. The number of nitrogens with zero attached hydrogens (tertiary/aromatic N) is 1. The van der Waals surface area contributed by atoms with E-state index in [4.69, 9.17) is 0 Å². The molecule has 0 saturated heterocycles. The number of pyridine rings is 1. The molecule has 0 radical (unpaired) electrons. The summed E-state index contributed by atoms with van der Waals surface area (Å²) in [7, 11) is 0. The molecule has 0 aliphatic heterocycles. The molecule has 2 aromatic heterocycles. The zero-order chi connectivity index (χ0) is 10.7. The third-order valence-corrected chi connectivity index (χ3v) is 2.69. The molecule has 0 aliphatic carbocycles. The van der Waals surface area contributed by atoms with E-state index in [0.29, 0.717) is 0 Å². The highest BCUT2D eigenvalue weighted by atomic mass is 16.1. The van der Waals surface area contributed by atoms with Gasteiger partial charge in [0.2, 0.25) is 0 Å². The lowest BCUT2D eigenvalue weighted by Gasteiger charge is -2.03. The highest BCUT2D eigenvalue weighted by Crippen LogP contribution is 2.10. The molecule has 2 rings (SSSR count). The fourth-order valence-electron chi connectivity index (χ4n) is 1.84. The zero-order valence-corrected chi connectivity index (χ0v) is 8.99. The van der Waals surface area contributed by atoms with Crippen LogP contribution in [0.4, 0.5) is 0 Å². The predicted molar refractivity (Wildman–Crippen MR) is 62.1 cm³/mol. The van der Waals surface area contributed by atoms with Gasteiger partial charge in [0.15, 0.2) is 5.43 Å². The highest BCUT2D eigenvalue weighted by molar-refractivity contribution is 5.75. The van der Waals surface area contributed by atoms with E-state index in [2.05, 4.69) is 16.5 Å². The number of nitrogens with one attached hydrogen (secondary N) is 1. The number of aromatic amines is 1. The van der Waals surface area contributed by atoms with Crippen molar-refractivity contribution in [3.05, 3.63) is 34.7 Å². The van der Waals surface area contributed by atoms with Crippen molar-refractivity contribution in [1.82, 2.24) is 9.55 Å². The minimum Gasteiger partial charge on any atom is -0.347 e. The van der Waals surface area contributed by atoms with Gasteiger partial charge in [-0.3, -0.25) is 4.79 Å². The van der Waals surface area contributed by atoms with Crippen molar-refractivity contribution in [2.75, 3.05) is 0 Å². The lowest BCUT2D eigenvalue weighted by atomic mass is 10.2. The Morgan fingerprint density at radius 2 is 2.20 bits per heavy atom. The Morgan fingerprint density at radius 3 is 3.00 bits per heavy atom. The van der Waals surface area contributed by atoms with Gasteiger partial charge in [-0.25, -0.2) is 0 Å². The molecule has 0 aliphatic rings. The van der Waals surface area contributed by atoms with E-state index in [9.17, 15) is 4.79 Å². The summed E-state index contributed by atoms with van der Waals surface area (Å²) >= 11 is 0. The third-order valence-electron chi connectivity index (χ3n) is 2.69. The Morgan fingerprint density at radius 1 is 1.33 bits per heavy atom. The molecule has 0 aromatic carbocycles. The first kappa shape index (κ1) is 10.0. The van der Waals surface area contributed by atoms with Crippen LogP contribution in [-0.4, -0.2) is 9.55 Å². The molecular formula is C12H16N2O. The van der Waals surface area contributed by atoms with Gasteiger partial charge in [0.25, 0.3) is 0 Å². The zero-order valence-electron chi connectivity index (χ0n) is 8.99. The molecule has 3 heteroatoms. The summed E-state index contributed by atoms with van der Waals surface area (Å²) in [6.45, 7) is 3.17. The monoisotopic (exact) mass is 204 g/mol. The first-order chi connectivity index (χ1) is 7.33. The van der Waals surface area contributed by atoms with Crippen molar-refractivity contribution in [2.24, 2.45) is 0 Å². The number of aryl methyl sites for hydroxylation is 1. The van der Waals surface area contributed by atoms with Crippen LogP contribution in [0.5, 0.6) is 0 Å². The molecule has 0 amide bonds. The maximum atomic E-state index is 11.5. The largest absolute Gasteiger partial charge is 0.347 e. The van der Waals surface area contributed by atoms with Crippen LogP contribution in [0, 0.1) is 0 Å². The normalized spacial score (nSPS) is 11.0. The van der Waals surface area contributed by atoms with Gasteiger partial charge < -0.3 is 9.55 Å². The maximum absolute atomic E-state index is 11.5. The van der Waals surface area contributed by atoms with E-state index >= 15 is 0 Å². The molecule has 0 bridgehead atoms. The number of hydrogen-bond donors (Lipinski definition) is 1. The van der Waals surface area contributed by atoms with Gasteiger partial charge in [-0.2, -0.15) is 0 Å². The van der Waals surface area contributed by atoms with Crippen LogP contribution < -0.4 is 5.43 Å². The molecule has 0 saturated carbocycles. The first-order valence-corrected chi connectivity index (χ1v) is 5.49. The van der Waals surface area contributed by atoms with Crippen LogP contribution in [0.2, 0.25) is 0 Å². The molecule has 1 N–H and O–H groups in total. The van der Waals surface area contributed by atoms with Crippen LogP contribution in [0.15, 0.2) is 29.3 Å². The second-order valence-electron chi connectivity index (χ2n) is 3.82. The minimum absolute atomic E-state index is 0.0954. The molecule has 15 heavy (non-hydrogen) atoms. The van der Waals surface area contributed by atoms with Crippen LogP contribution in [0.3, 0.4) is 0 Å². The standard InChI is InChI=1S/C12H16N2O/c1-2-3-4-8-14-9-6-10-11(15)5-7-13-12(10)14/h5-7,9H,2-4,8H2,1H3,(H,13,15). The molecule has 0 spiro atoms. The van der Waals surface area contributed by atoms with Gasteiger partial charge in [-0.15, -0.1) is 0 Å². The lowest BCUT2D eigenvalue weighted by molar-refractivity contribution is 0.613. The maximum Gasteiger partial charge on any atom is 0.190 e. The molecule has 0 unspecified atom stereocenters. The number of H-pyrrole nitrogens is 1. The summed E-state index contributed by atoms with van der Waals surface area (Å²) in [5.41, 5.74) is 1.04. The van der Waals surface area contributed by atoms with E-state index in [0.717, 1.165) is 24.0 Å². The number of hydrogen-bond acceptors (Lipinski definition) is 1. The van der Waals surface area contributed by atoms with E-state index in [-0.39, 0.29) is 5.43 Å². The van der Waals surface area contributed by atoms with Gasteiger partial charge in [0.1, 0.15) is 5.65 Å². The molecular weight excluding hydrogens is 188 g/mol. The van der Waals surface area contributed by atoms with Gasteiger partial charge >= 0.3 is 0 Å². The van der Waals surface area contributed by atoms with Gasteiger partial charge in [0, 0.05) is 25.0 Å². The Balaban J connectivity index is 2.29. The Bertz CT molecular complexity index is 496. The van der Waals surface area contributed by atoms with Crippen molar-refractivity contribution in [1.29, 1.82) is 0 Å².